The molecule has 0 bridgehead atoms. The van der Waals surface area contributed by atoms with Gasteiger partial charge in [0.25, 0.3) is 0 Å². The Hall–Kier alpha value is -2.06. The fourth-order valence-electron chi connectivity index (χ4n) is 2.46. The van der Waals surface area contributed by atoms with Crippen molar-refractivity contribution in [2.45, 2.75) is 38.2 Å². The van der Waals surface area contributed by atoms with Crippen LogP contribution in [0.3, 0.4) is 0 Å². The van der Waals surface area contributed by atoms with Crippen molar-refractivity contribution in [3.05, 3.63) is 35.9 Å². The molecular formula is C15H19N5O2S. The van der Waals surface area contributed by atoms with Gasteiger partial charge in [0.05, 0.1) is 47.4 Å². The zero-order valence-corrected chi connectivity index (χ0v) is 14.1. The van der Waals surface area contributed by atoms with Crippen molar-refractivity contribution in [1.82, 2.24) is 24.3 Å². The second-order valence-corrected chi connectivity index (χ2v) is 6.95. The molecule has 7 nitrogen and oxygen atoms in total. The number of aliphatic hydroxyl groups is 1. The second kappa shape index (κ2) is 6.21. The van der Waals surface area contributed by atoms with Gasteiger partial charge < -0.3 is 9.67 Å². The lowest BCUT2D eigenvalue weighted by Gasteiger charge is -2.12. The third-order valence-corrected chi connectivity index (χ3v) is 4.52. The van der Waals surface area contributed by atoms with Crippen molar-refractivity contribution in [2.24, 2.45) is 0 Å². The molecule has 0 aliphatic rings. The summed E-state index contributed by atoms with van der Waals surface area (Å²) in [6.07, 6.45) is 4.10. The molecule has 3 aromatic rings. The molecule has 3 rings (SSSR count). The van der Waals surface area contributed by atoms with Gasteiger partial charge in [-0.3, -0.25) is 4.21 Å². The molecule has 1 aromatic carbocycles. The van der Waals surface area contributed by atoms with Gasteiger partial charge in [0, 0.05) is 6.26 Å². The van der Waals surface area contributed by atoms with E-state index in [0.717, 1.165) is 11.0 Å². The lowest BCUT2D eigenvalue weighted by molar-refractivity contribution is 0.131. The molecule has 0 aliphatic carbocycles. The highest BCUT2D eigenvalue weighted by Crippen LogP contribution is 2.18. The lowest BCUT2D eigenvalue weighted by atomic mass is 10.1. The molecule has 0 fully saturated rings. The monoisotopic (exact) mass is 333 g/mol. The van der Waals surface area contributed by atoms with Crippen LogP contribution >= 0.6 is 0 Å². The summed E-state index contributed by atoms with van der Waals surface area (Å²) in [7, 11) is -1.22. The second-order valence-electron chi connectivity index (χ2n) is 5.68. The first-order chi connectivity index (χ1) is 10.9. The van der Waals surface area contributed by atoms with Crippen LogP contribution < -0.4 is 0 Å². The number of hydrogen-bond donors (Lipinski definition) is 1. The van der Waals surface area contributed by atoms with E-state index in [4.69, 9.17) is 0 Å². The number of aliphatic hydroxyl groups excluding tert-OH is 1. The first-order valence-electron chi connectivity index (χ1n) is 7.27. The van der Waals surface area contributed by atoms with Crippen LogP contribution in [0.4, 0.5) is 0 Å². The van der Waals surface area contributed by atoms with E-state index < -0.39 is 16.9 Å². The molecule has 2 aromatic heterocycles. The number of nitrogens with zero attached hydrogens (tertiary/aromatic N) is 5. The predicted octanol–water partition coefficient (Wildman–Crippen LogP) is 1.04. The van der Waals surface area contributed by atoms with Gasteiger partial charge in [-0.1, -0.05) is 0 Å². The summed E-state index contributed by atoms with van der Waals surface area (Å²) >= 11 is 0. The molecule has 23 heavy (non-hydrogen) atoms. The third kappa shape index (κ3) is 3.32. The van der Waals surface area contributed by atoms with Crippen LogP contribution in [0.2, 0.25) is 0 Å². The van der Waals surface area contributed by atoms with Crippen LogP contribution in [-0.2, 0) is 23.9 Å². The fourth-order valence-corrected chi connectivity index (χ4v) is 2.87. The highest BCUT2D eigenvalue weighted by molar-refractivity contribution is 7.84. The predicted molar refractivity (Wildman–Crippen MR) is 87.6 cm³/mol. The fraction of sp³-hybridized carbons (Fsp3) is 0.400. The van der Waals surface area contributed by atoms with Gasteiger partial charge in [-0.25, -0.2) is 14.6 Å². The molecule has 0 aliphatic heterocycles. The number of fused-ring (bicyclic) bond motifs is 1. The minimum atomic E-state index is -1.22. The molecule has 2 heterocycles. The highest BCUT2D eigenvalue weighted by atomic mass is 32.2. The molecular weight excluding hydrogens is 314 g/mol. The van der Waals surface area contributed by atoms with Crippen LogP contribution in [-0.4, -0.2) is 46.0 Å². The van der Waals surface area contributed by atoms with Crippen molar-refractivity contribution in [1.29, 1.82) is 0 Å². The normalized spacial score (nSPS) is 14.3. The zero-order valence-electron chi connectivity index (χ0n) is 13.3. The Balaban J connectivity index is 1.75. The van der Waals surface area contributed by atoms with Crippen LogP contribution in [0, 0.1) is 13.8 Å². The summed E-state index contributed by atoms with van der Waals surface area (Å²) in [5, 5.41) is 14.7. The molecule has 8 heteroatoms. The van der Waals surface area contributed by atoms with Crippen molar-refractivity contribution < 1.29 is 9.32 Å². The number of hydrogen-bond acceptors (Lipinski definition) is 5. The SMILES string of the molecule is Cc1cc2ncn(C[C@@H](O)Cn3cnc([S@@](C)=O)n3)c2cc1C. The van der Waals surface area contributed by atoms with Gasteiger partial charge in [-0.2, -0.15) is 0 Å². The Morgan fingerprint density at radius 2 is 1.91 bits per heavy atom. The maximum Gasteiger partial charge on any atom is 0.238 e. The van der Waals surface area contributed by atoms with E-state index in [0.29, 0.717) is 6.54 Å². The minimum absolute atomic E-state index is 0.274. The molecule has 122 valence electrons. The molecule has 0 saturated carbocycles. The summed E-state index contributed by atoms with van der Waals surface area (Å²) in [5.74, 6) is 0. The molecule has 0 unspecified atom stereocenters. The van der Waals surface area contributed by atoms with Gasteiger partial charge in [0.15, 0.2) is 0 Å². The first kappa shape index (κ1) is 15.8. The van der Waals surface area contributed by atoms with Crippen molar-refractivity contribution in [3.63, 3.8) is 0 Å². The molecule has 0 amide bonds. The van der Waals surface area contributed by atoms with Crippen molar-refractivity contribution in [3.8, 4) is 0 Å². The molecule has 0 saturated heterocycles. The topological polar surface area (TPSA) is 85.8 Å². The van der Waals surface area contributed by atoms with Gasteiger partial charge in [-0.05, 0) is 37.1 Å². The van der Waals surface area contributed by atoms with E-state index in [-0.39, 0.29) is 11.7 Å². The minimum Gasteiger partial charge on any atom is -0.389 e. The number of aromatic nitrogens is 5. The summed E-state index contributed by atoms with van der Waals surface area (Å²) in [6.45, 7) is 4.81. The zero-order chi connectivity index (χ0) is 16.6. The summed E-state index contributed by atoms with van der Waals surface area (Å²) < 4.78 is 14.7. The lowest BCUT2D eigenvalue weighted by Crippen LogP contribution is -2.22. The van der Waals surface area contributed by atoms with Crippen LogP contribution in [0.15, 0.2) is 29.9 Å². The van der Waals surface area contributed by atoms with E-state index in [1.54, 1.807) is 6.33 Å². The maximum atomic E-state index is 11.3. The number of imidazole rings is 1. The smallest absolute Gasteiger partial charge is 0.238 e. The van der Waals surface area contributed by atoms with Crippen molar-refractivity contribution >= 4 is 21.8 Å². The standard InChI is InChI=1S/C15H19N5O2S/c1-10-4-13-14(5-11(10)2)19(8-16-13)6-12(21)7-20-9-17-15(18-20)23(3)22/h4-5,8-9,12,21H,6-7H2,1-3H3/t12-,23-/m1/s1. The van der Waals surface area contributed by atoms with Crippen LogP contribution in [0.25, 0.3) is 11.0 Å². The molecule has 2 atom stereocenters. The van der Waals surface area contributed by atoms with Gasteiger partial charge >= 0.3 is 0 Å². The van der Waals surface area contributed by atoms with E-state index in [2.05, 4.69) is 35.0 Å². The number of aryl methyl sites for hydroxylation is 2. The Labute approximate surface area is 136 Å². The Morgan fingerprint density at radius 1 is 1.17 bits per heavy atom. The van der Waals surface area contributed by atoms with Crippen LogP contribution in [0.1, 0.15) is 11.1 Å². The third-order valence-electron chi connectivity index (χ3n) is 3.81. The van der Waals surface area contributed by atoms with Gasteiger partial charge in [0.2, 0.25) is 5.16 Å². The van der Waals surface area contributed by atoms with E-state index in [1.165, 1.54) is 28.4 Å². The maximum absolute atomic E-state index is 11.3. The average molecular weight is 333 g/mol. The number of rotatable bonds is 5. The highest BCUT2D eigenvalue weighted by Gasteiger charge is 2.12. The van der Waals surface area contributed by atoms with Gasteiger partial charge in [-0.15, -0.1) is 5.10 Å². The first-order valence-corrected chi connectivity index (χ1v) is 8.83. The summed E-state index contributed by atoms with van der Waals surface area (Å²) in [4.78, 5) is 8.34. The Kier molecular flexibility index (Phi) is 4.27. The Bertz CT molecular complexity index is 870. The van der Waals surface area contributed by atoms with Crippen molar-refractivity contribution in [2.75, 3.05) is 6.26 Å². The summed E-state index contributed by atoms with van der Waals surface area (Å²) in [6, 6.07) is 4.13. The van der Waals surface area contributed by atoms with E-state index in [9.17, 15) is 9.32 Å². The molecule has 0 radical (unpaired) electrons. The largest absolute Gasteiger partial charge is 0.389 e. The average Bonchev–Trinajstić information content (AvgIpc) is 3.08. The van der Waals surface area contributed by atoms with E-state index in [1.807, 2.05) is 10.6 Å². The van der Waals surface area contributed by atoms with Crippen LogP contribution in [0.5, 0.6) is 0 Å². The number of benzene rings is 1. The quantitative estimate of drug-likeness (QED) is 0.754. The molecule has 1 N–H and O–H groups in total. The summed E-state index contributed by atoms with van der Waals surface area (Å²) in [5.41, 5.74) is 4.32. The molecule has 0 spiro atoms. The van der Waals surface area contributed by atoms with E-state index >= 15 is 0 Å². The van der Waals surface area contributed by atoms with Gasteiger partial charge in [0.1, 0.15) is 6.33 Å². The Morgan fingerprint density at radius 3 is 2.61 bits per heavy atom.